The number of sulfonamides is 1. The Bertz CT molecular complexity index is 815. The molecule has 1 aromatic heterocycles. The molecule has 8 heteroatoms. The van der Waals surface area contributed by atoms with Crippen LogP contribution in [0.4, 0.5) is 10.1 Å². The van der Waals surface area contributed by atoms with Gasteiger partial charge in [-0.2, -0.15) is 5.10 Å². The number of hydrogen-bond donors (Lipinski definition) is 1. The van der Waals surface area contributed by atoms with Crippen molar-refractivity contribution >= 4 is 31.6 Å². The second-order valence-electron chi connectivity index (χ2n) is 4.86. The molecule has 0 saturated heterocycles. The molecule has 0 amide bonds. The Balaban J connectivity index is 2.68. The molecule has 5 nitrogen and oxygen atoms in total. The van der Waals surface area contributed by atoms with E-state index < -0.39 is 15.8 Å². The molecule has 21 heavy (non-hydrogen) atoms. The summed E-state index contributed by atoms with van der Waals surface area (Å²) < 4.78 is 41.3. The fraction of sp³-hybridized carbons (Fsp3) is 0.308. The Kier molecular flexibility index (Phi) is 4.12. The fourth-order valence-electron chi connectivity index (χ4n) is 2.21. The Labute approximate surface area is 131 Å². The van der Waals surface area contributed by atoms with Gasteiger partial charge in [-0.15, -0.1) is 0 Å². The van der Waals surface area contributed by atoms with E-state index in [1.54, 1.807) is 18.7 Å². The molecule has 1 heterocycles. The van der Waals surface area contributed by atoms with Gasteiger partial charge in [0.05, 0.1) is 22.1 Å². The maximum Gasteiger partial charge on any atom is 0.229 e. The molecule has 0 saturated carbocycles. The molecule has 0 aliphatic carbocycles. The zero-order chi connectivity index (χ0) is 15.9. The van der Waals surface area contributed by atoms with Crippen LogP contribution in [0.3, 0.4) is 0 Å². The first-order valence-electron chi connectivity index (χ1n) is 6.07. The van der Waals surface area contributed by atoms with Crippen LogP contribution in [0, 0.1) is 19.7 Å². The first-order valence-corrected chi connectivity index (χ1v) is 8.76. The predicted molar refractivity (Wildman–Crippen MR) is 84.2 cm³/mol. The largest absolute Gasteiger partial charge is 0.284 e. The Morgan fingerprint density at radius 3 is 2.43 bits per heavy atom. The molecule has 0 spiro atoms. The molecule has 0 atom stereocenters. The molecule has 0 aliphatic heterocycles. The molecular formula is C13H15BrFN3O2S. The average molecular weight is 376 g/mol. The van der Waals surface area contributed by atoms with E-state index in [0.717, 1.165) is 11.9 Å². The number of halogens is 2. The van der Waals surface area contributed by atoms with Gasteiger partial charge in [0, 0.05) is 23.9 Å². The third kappa shape index (κ3) is 3.26. The van der Waals surface area contributed by atoms with Crippen LogP contribution >= 0.6 is 15.9 Å². The third-order valence-corrected chi connectivity index (χ3v) is 4.29. The molecular weight excluding hydrogens is 361 g/mol. The quantitative estimate of drug-likeness (QED) is 0.896. The Hall–Kier alpha value is -1.41. The highest BCUT2D eigenvalue weighted by Crippen LogP contribution is 2.35. The van der Waals surface area contributed by atoms with Crippen LogP contribution in [0.5, 0.6) is 0 Å². The molecule has 0 fully saturated rings. The van der Waals surface area contributed by atoms with Crippen LogP contribution in [-0.4, -0.2) is 24.5 Å². The molecule has 2 rings (SSSR count). The van der Waals surface area contributed by atoms with Crippen LogP contribution in [0.2, 0.25) is 0 Å². The first kappa shape index (κ1) is 16.0. The summed E-state index contributed by atoms with van der Waals surface area (Å²) >= 11 is 3.12. The molecule has 0 aliphatic rings. The summed E-state index contributed by atoms with van der Waals surface area (Å²) in [5.74, 6) is -0.451. The smallest absolute Gasteiger partial charge is 0.229 e. The van der Waals surface area contributed by atoms with Crippen LogP contribution in [0.15, 0.2) is 16.6 Å². The van der Waals surface area contributed by atoms with Crippen molar-refractivity contribution in [1.82, 2.24) is 9.78 Å². The summed E-state index contributed by atoms with van der Waals surface area (Å²) in [6.45, 7) is 3.62. The molecule has 114 valence electrons. The zero-order valence-corrected chi connectivity index (χ0v) is 14.4. The minimum Gasteiger partial charge on any atom is -0.284 e. The van der Waals surface area contributed by atoms with Crippen LogP contribution < -0.4 is 4.72 Å². The van der Waals surface area contributed by atoms with Crippen LogP contribution in [0.1, 0.15) is 11.4 Å². The summed E-state index contributed by atoms with van der Waals surface area (Å²) in [6.07, 6.45) is 1.05. The van der Waals surface area contributed by atoms with Gasteiger partial charge in [-0.3, -0.25) is 9.40 Å². The lowest BCUT2D eigenvalue weighted by atomic mass is 10.0. The summed E-state index contributed by atoms with van der Waals surface area (Å²) in [4.78, 5) is 0. The first-order chi connectivity index (χ1) is 9.60. The van der Waals surface area contributed by atoms with Gasteiger partial charge >= 0.3 is 0 Å². The van der Waals surface area contributed by atoms with Crippen molar-refractivity contribution in [3.05, 3.63) is 33.8 Å². The molecule has 0 radical (unpaired) electrons. The maximum atomic E-state index is 14.4. The minimum absolute atomic E-state index is 0.189. The molecule has 2 aromatic rings. The van der Waals surface area contributed by atoms with Crippen molar-refractivity contribution in [2.24, 2.45) is 7.05 Å². The van der Waals surface area contributed by atoms with Crippen molar-refractivity contribution in [2.75, 3.05) is 11.0 Å². The van der Waals surface area contributed by atoms with Gasteiger partial charge in [-0.05, 0) is 41.9 Å². The van der Waals surface area contributed by atoms with Gasteiger partial charge in [-0.25, -0.2) is 12.8 Å². The van der Waals surface area contributed by atoms with Crippen molar-refractivity contribution in [1.29, 1.82) is 0 Å². The SMILES string of the molecule is Cc1nn(C)c(C)c1-c1cc(NS(C)(=O)=O)cc(Br)c1F. The standard InChI is InChI=1S/C13H15BrFN3O2S/c1-7-12(8(2)18(3)16-7)10-5-9(17-21(4,19)20)6-11(14)13(10)15/h5-6,17H,1-4H3. The van der Waals surface area contributed by atoms with Gasteiger partial charge in [0.15, 0.2) is 0 Å². The monoisotopic (exact) mass is 375 g/mol. The highest BCUT2D eigenvalue weighted by atomic mass is 79.9. The summed E-state index contributed by atoms with van der Waals surface area (Å²) in [5, 5.41) is 4.26. The second kappa shape index (κ2) is 5.42. The average Bonchev–Trinajstić information content (AvgIpc) is 2.56. The van der Waals surface area contributed by atoms with Crippen LogP contribution in [-0.2, 0) is 17.1 Å². The molecule has 1 aromatic carbocycles. The number of nitrogens with one attached hydrogen (secondary N) is 1. The normalized spacial score (nSPS) is 11.7. The second-order valence-corrected chi connectivity index (χ2v) is 7.47. The maximum absolute atomic E-state index is 14.4. The highest BCUT2D eigenvalue weighted by molar-refractivity contribution is 9.10. The van der Waals surface area contributed by atoms with Gasteiger partial charge in [-0.1, -0.05) is 0 Å². The highest BCUT2D eigenvalue weighted by Gasteiger charge is 2.19. The van der Waals surface area contributed by atoms with E-state index in [9.17, 15) is 12.8 Å². The van der Waals surface area contributed by atoms with Crippen molar-refractivity contribution in [3.8, 4) is 11.1 Å². The lowest BCUT2D eigenvalue weighted by molar-refractivity contribution is 0.606. The van der Waals surface area contributed by atoms with E-state index in [1.807, 2.05) is 6.92 Å². The van der Waals surface area contributed by atoms with Gasteiger partial charge in [0.25, 0.3) is 0 Å². The predicted octanol–water partition coefficient (Wildman–Crippen LogP) is 2.98. The lowest BCUT2D eigenvalue weighted by Crippen LogP contribution is -2.10. The molecule has 0 bridgehead atoms. The zero-order valence-electron chi connectivity index (χ0n) is 12.0. The topological polar surface area (TPSA) is 64.0 Å². The number of anilines is 1. The van der Waals surface area contributed by atoms with Gasteiger partial charge in [0.1, 0.15) is 5.82 Å². The number of aryl methyl sites for hydroxylation is 2. The van der Waals surface area contributed by atoms with Gasteiger partial charge < -0.3 is 0 Å². The van der Waals surface area contributed by atoms with Crippen LogP contribution in [0.25, 0.3) is 11.1 Å². The Morgan fingerprint density at radius 2 is 1.95 bits per heavy atom. The summed E-state index contributed by atoms with van der Waals surface area (Å²) in [5.41, 5.74) is 2.74. The van der Waals surface area contributed by atoms with Crippen molar-refractivity contribution < 1.29 is 12.8 Å². The van der Waals surface area contributed by atoms with E-state index in [2.05, 4.69) is 25.8 Å². The van der Waals surface area contributed by atoms with E-state index in [1.165, 1.54) is 12.1 Å². The van der Waals surface area contributed by atoms with E-state index in [4.69, 9.17) is 0 Å². The Morgan fingerprint density at radius 1 is 1.33 bits per heavy atom. The van der Waals surface area contributed by atoms with Crippen molar-refractivity contribution in [2.45, 2.75) is 13.8 Å². The van der Waals surface area contributed by atoms with Gasteiger partial charge in [0.2, 0.25) is 10.0 Å². The minimum atomic E-state index is -3.43. The number of nitrogens with zero attached hydrogens (tertiary/aromatic N) is 2. The molecule has 0 unspecified atom stereocenters. The third-order valence-electron chi connectivity index (χ3n) is 3.11. The van der Waals surface area contributed by atoms with E-state index >= 15 is 0 Å². The number of hydrogen-bond acceptors (Lipinski definition) is 3. The summed E-state index contributed by atoms with van der Waals surface area (Å²) in [7, 11) is -1.66. The number of benzene rings is 1. The lowest BCUT2D eigenvalue weighted by Gasteiger charge is -2.10. The summed E-state index contributed by atoms with van der Waals surface area (Å²) in [6, 6.07) is 2.86. The number of rotatable bonds is 3. The van der Waals surface area contributed by atoms with E-state index in [0.29, 0.717) is 22.5 Å². The fourth-order valence-corrected chi connectivity index (χ4v) is 3.21. The van der Waals surface area contributed by atoms with Crippen molar-refractivity contribution in [3.63, 3.8) is 0 Å². The van der Waals surface area contributed by atoms with E-state index in [-0.39, 0.29) is 4.47 Å². The molecule has 1 N–H and O–H groups in total. The number of aromatic nitrogens is 2.